The van der Waals surface area contributed by atoms with E-state index in [0.717, 1.165) is 4.31 Å². The van der Waals surface area contributed by atoms with Gasteiger partial charge in [-0.1, -0.05) is 18.2 Å². The standard InChI is InChI=1S/C18H19NO5S/c1-4-13-19(17-8-6-5-7-16(17)18(20)24-3)25(21,22)15-11-9-14(23-2)10-12-15/h4-12H,1,13H2,2-3H3. The molecule has 0 amide bonds. The van der Waals surface area contributed by atoms with E-state index in [-0.39, 0.29) is 22.7 Å². The molecule has 0 saturated heterocycles. The van der Waals surface area contributed by atoms with E-state index in [2.05, 4.69) is 6.58 Å². The Morgan fingerprint density at radius 1 is 1.12 bits per heavy atom. The zero-order chi connectivity index (χ0) is 18.4. The zero-order valence-corrected chi connectivity index (χ0v) is 14.8. The highest BCUT2D eigenvalue weighted by molar-refractivity contribution is 7.92. The average Bonchev–Trinajstić information content (AvgIpc) is 2.65. The highest BCUT2D eigenvalue weighted by Gasteiger charge is 2.27. The van der Waals surface area contributed by atoms with Crippen molar-refractivity contribution >= 4 is 21.7 Å². The SMILES string of the molecule is C=CCN(c1ccccc1C(=O)OC)S(=O)(=O)c1ccc(OC)cc1. The van der Waals surface area contributed by atoms with Crippen LogP contribution in [0.25, 0.3) is 0 Å². The first-order chi connectivity index (χ1) is 12.0. The molecule has 0 atom stereocenters. The Labute approximate surface area is 147 Å². The molecular formula is C18H19NO5S. The Kier molecular flexibility index (Phi) is 5.82. The number of anilines is 1. The van der Waals surface area contributed by atoms with E-state index >= 15 is 0 Å². The third-order valence-electron chi connectivity index (χ3n) is 3.52. The van der Waals surface area contributed by atoms with Crippen LogP contribution in [0.3, 0.4) is 0 Å². The predicted octanol–water partition coefficient (Wildman–Crippen LogP) is 2.86. The van der Waals surface area contributed by atoms with Crippen LogP contribution >= 0.6 is 0 Å². The van der Waals surface area contributed by atoms with Crippen molar-refractivity contribution < 1.29 is 22.7 Å². The van der Waals surface area contributed by atoms with E-state index in [9.17, 15) is 13.2 Å². The summed E-state index contributed by atoms with van der Waals surface area (Å²) >= 11 is 0. The number of rotatable bonds is 7. The monoisotopic (exact) mass is 361 g/mol. The Hall–Kier alpha value is -2.80. The molecule has 0 radical (unpaired) electrons. The van der Waals surface area contributed by atoms with Gasteiger partial charge in [0.25, 0.3) is 10.0 Å². The van der Waals surface area contributed by atoms with E-state index < -0.39 is 16.0 Å². The van der Waals surface area contributed by atoms with Gasteiger partial charge in [0.1, 0.15) is 5.75 Å². The number of esters is 1. The van der Waals surface area contributed by atoms with Gasteiger partial charge in [-0.05, 0) is 36.4 Å². The van der Waals surface area contributed by atoms with Crippen molar-refractivity contribution in [1.29, 1.82) is 0 Å². The molecular weight excluding hydrogens is 342 g/mol. The van der Waals surface area contributed by atoms with Crippen LogP contribution in [-0.2, 0) is 14.8 Å². The number of hydrogen-bond donors (Lipinski definition) is 0. The van der Waals surface area contributed by atoms with Gasteiger partial charge in [-0.2, -0.15) is 0 Å². The van der Waals surface area contributed by atoms with Gasteiger partial charge in [0, 0.05) is 0 Å². The third-order valence-corrected chi connectivity index (χ3v) is 5.31. The van der Waals surface area contributed by atoms with Crippen LogP contribution in [-0.4, -0.2) is 35.2 Å². The number of sulfonamides is 1. The third kappa shape index (κ3) is 3.83. The molecule has 0 saturated carbocycles. The molecule has 0 bridgehead atoms. The first-order valence-electron chi connectivity index (χ1n) is 7.40. The number of benzene rings is 2. The lowest BCUT2D eigenvalue weighted by atomic mass is 10.2. The summed E-state index contributed by atoms with van der Waals surface area (Å²) in [6, 6.07) is 12.4. The van der Waals surface area contributed by atoms with Crippen LogP contribution in [0.5, 0.6) is 5.75 Å². The van der Waals surface area contributed by atoms with Crippen LogP contribution in [0.1, 0.15) is 10.4 Å². The first-order valence-corrected chi connectivity index (χ1v) is 8.84. The first kappa shape index (κ1) is 18.5. The topological polar surface area (TPSA) is 72.9 Å². The van der Waals surface area contributed by atoms with Crippen LogP contribution in [0.2, 0.25) is 0 Å². The molecule has 2 rings (SSSR count). The van der Waals surface area contributed by atoms with E-state index in [1.54, 1.807) is 30.3 Å². The fourth-order valence-electron chi connectivity index (χ4n) is 2.29. The summed E-state index contributed by atoms with van der Waals surface area (Å²) in [7, 11) is -1.16. The van der Waals surface area contributed by atoms with Crippen LogP contribution in [0.4, 0.5) is 5.69 Å². The number of carbonyl (C=O) groups is 1. The molecule has 0 aliphatic heterocycles. The number of ether oxygens (including phenoxy) is 2. The van der Waals surface area contributed by atoms with Gasteiger partial charge >= 0.3 is 5.97 Å². The second-order valence-electron chi connectivity index (χ2n) is 5.01. The van der Waals surface area contributed by atoms with Gasteiger partial charge in [-0.25, -0.2) is 13.2 Å². The Bertz CT molecular complexity index is 859. The van der Waals surface area contributed by atoms with Crippen molar-refractivity contribution in [2.75, 3.05) is 25.1 Å². The van der Waals surface area contributed by atoms with Crippen molar-refractivity contribution in [3.63, 3.8) is 0 Å². The minimum atomic E-state index is -3.91. The molecule has 0 unspecified atom stereocenters. The number of carbonyl (C=O) groups excluding carboxylic acids is 1. The number of nitrogens with zero attached hydrogens (tertiary/aromatic N) is 1. The molecule has 7 heteroatoms. The molecule has 0 fully saturated rings. The zero-order valence-electron chi connectivity index (χ0n) is 14.0. The lowest BCUT2D eigenvalue weighted by Gasteiger charge is -2.25. The normalized spacial score (nSPS) is 10.8. The van der Waals surface area contributed by atoms with Gasteiger partial charge in [-0.15, -0.1) is 6.58 Å². The summed E-state index contributed by atoms with van der Waals surface area (Å²) in [5.41, 5.74) is 0.383. The van der Waals surface area contributed by atoms with Crippen molar-refractivity contribution in [3.8, 4) is 5.75 Å². The highest BCUT2D eigenvalue weighted by atomic mass is 32.2. The molecule has 25 heavy (non-hydrogen) atoms. The highest BCUT2D eigenvalue weighted by Crippen LogP contribution is 2.28. The van der Waals surface area contributed by atoms with Crippen molar-refractivity contribution in [1.82, 2.24) is 0 Å². The molecule has 0 aliphatic carbocycles. The summed E-state index contributed by atoms with van der Waals surface area (Å²) in [6.07, 6.45) is 1.45. The van der Waals surface area contributed by atoms with E-state index in [1.165, 1.54) is 38.5 Å². The van der Waals surface area contributed by atoms with Crippen LogP contribution < -0.4 is 9.04 Å². The van der Waals surface area contributed by atoms with Crippen LogP contribution in [0, 0.1) is 0 Å². The molecule has 0 aromatic heterocycles. The van der Waals surface area contributed by atoms with E-state index in [0.29, 0.717) is 5.75 Å². The largest absolute Gasteiger partial charge is 0.497 e. The Morgan fingerprint density at radius 2 is 1.76 bits per heavy atom. The Morgan fingerprint density at radius 3 is 2.32 bits per heavy atom. The summed E-state index contributed by atoms with van der Waals surface area (Å²) < 4.78 is 37.1. The number of methoxy groups -OCH3 is 2. The van der Waals surface area contributed by atoms with Crippen molar-refractivity contribution in [3.05, 3.63) is 66.7 Å². The second kappa shape index (κ2) is 7.85. The molecule has 132 valence electrons. The Balaban J connectivity index is 2.57. The van der Waals surface area contributed by atoms with Crippen LogP contribution in [0.15, 0.2) is 66.1 Å². The molecule has 0 N–H and O–H groups in total. The van der Waals surface area contributed by atoms with Gasteiger partial charge in [-0.3, -0.25) is 4.31 Å². The minimum Gasteiger partial charge on any atom is -0.497 e. The quantitative estimate of drug-likeness (QED) is 0.560. The molecule has 0 aliphatic rings. The fourth-order valence-corrected chi connectivity index (χ4v) is 3.75. The molecule has 0 spiro atoms. The predicted molar refractivity (Wildman–Crippen MR) is 95.5 cm³/mol. The summed E-state index contributed by atoms with van der Waals surface area (Å²) in [4.78, 5) is 12.1. The minimum absolute atomic E-state index is 0.00235. The number of hydrogen-bond acceptors (Lipinski definition) is 5. The van der Waals surface area contributed by atoms with Gasteiger partial charge < -0.3 is 9.47 Å². The maximum atomic E-state index is 13.1. The van der Waals surface area contributed by atoms with Crippen molar-refractivity contribution in [2.24, 2.45) is 0 Å². The van der Waals surface area contributed by atoms with Gasteiger partial charge in [0.2, 0.25) is 0 Å². The maximum absolute atomic E-state index is 13.1. The second-order valence-corrected chi connectivity index (χ2v) is 6.87. The average molecular weight is 361 g/mol. The fraction of sp³-hybridized carbons (Fsp3) is 0.167. The lowest BCUT2D eigenvalue weighted by Crippen LogP contribution is -2.32. The van der Waals surface area contributed by atoms with E-state index in [4.69, 9.17) is 9.47 Å². The lowest BCUT2D eigenvalue weighted by molar-refractivity contribution is 0.0601. The van der Waals surface area contributed by atoms with E-state index in [1.807, 2.05) is 0 Å². The maximum Gasteiger partial charge on any atom is 0.340 e. The van der Waals surface area contributed by atoms with Crippen molar-refractivity contribution in [2.45, 2.75) is 4.90 Å². The molecule has 2 aromatic carbocycles. The number of para-hydroxylation sites is 1. The summed E-state index contributed by atoms with van der Waals surface area (Å²) in [5, 5.41) is 0. The smallest absolute Gasteiger partial charge is 0.340 e. The van der Waals surface area contributed by atoms with Gasteiger partial charge in [0.15, 0.2) is 0 Å². The molecule has 6 nitrogen and oxygen atoms in total. The summed E-state index contributed by atoms with van der Waals surface area (Å²) in [6.45, 7) is 3.62. The molecule has 0 heterocycles. The molecule has 2 aromatic rings. The summed E-state index contributed by atoms with van der Waals surface area (Å²) in [5.74, 6) is -0.0706. The van der Waals surface area contributed by atoms with Gasteiger partial charge in [0.05, 0.1) is 36.9 Å².